The van der Waals surface area contributed by atoms with Crippen molar-refractivity contribution < 1.29 is 19.0 Å². The van der Waals surface area contributed by atoms with Crippen molar-refractivity contribution >= 4 is 11.6 Å². The van der Waals surface area contributed by atoms with Crippen LogP contribution in [0.4, 0.5) is 0 Å². The quantitative estimate of drug-likeness (QED) is 0.380. The molecule has 1 aliphatic rings. The molecule has 3 aromatic carbocycles. The fourth-order valence-electron chi connectivity index (χ4n) is 4.21. The number of para-hydroxylation sites is 1. The van der Waals surface area contributed by atoms with Crippen LogP contribution >= 0.6 is 0 Å². The molecule has 3 heterocycles. The minimum absolute atomic E-state index is 0.205. The Balaban J connectivity index is 1.39. The highest BCUT2D eigenvalue weighted by molar-refractivity contribution is 5.94. The highest BCUT2D eigenvalue weighted by Gasteiger charge is 2.19. The molecule has 178 valence electrons. The molecular weight excluding hydrogens is 456 g/mol. The van der Waals surface area contributed by atoms with Gasteiger partial charge in [0.25, 0.3) is 5.91 Å². The number of hydrogen-bond acceptors (Lipinski definition) is 6. The van der Waals surface area contributed by atoms with Gasteiger partial charge in [-0.2, -0.15) is 5.10 Å². The number of rotatable bonds is 6. The zero-order valence-corrected chi connectivity index (χ0v) is 19.5. The number of ether oxygens (including phenoxy) is 3. The summed E-state index contributed by atoms with van der Waals surface area (Å²) in [5.41, 5.74) is 4.97. The normalized spacial score (nSPS) is 12.0. The lowest BCUT2D eigenvalue weighted by atomic mass is 10.1. The molecule has 0 spiro atoms. The van der Waals surface area contributed by atoms with E-state index in [-0.39, 0.29) is 18.4 Å². The molecule has 0 radical (unpaired) electrons. The summed E-state index contributed by atoms with van der Waals surface area (Å²) >= 11 is 0. The average molecular weight is 479 g/mol. The first-order valence-electron chi connectivity index (χ1n) is 11.5. The zero-order valence-electron chi connectivity index (χ0n) is 19.5. The summed E-state index contributed by atoms with van der Waals surface area (Å²) in [5.74, 6) is 1.75. The Morgan fingerprint density at radius 3 is 2.64 bits per heavy atom. The summed E-state index contributed by atoms with van der Waals surface area (Å²) in [4.78, 5) is 17.9. The Bertz CT molecular complexity index is 1580. The maximum absolute atomic E-state index is 13.2. The first-order valence-corrected chi connectivity index (χ1v) is 11.5. The van der Waals surface area contributed by atoms with Crippen LogP contribution in [0.25, 0.3) is 28.2 Å². The minimum Gasteiger partial charge on any atom is -0.496 e. The summed E-state index contributed by atoms with van der Waals surface area (Å²) in [6.45, 7) is 0.526. The first-order chi connectivity index (χ1) is 17.7. The van der Waals surface area contributed by atoms with Crippen LogP contribution in [-0.4, -0.2) is 34.4 Å². The largest absolute Gasteiger partial charge is 0.496 e. The monoisotopic (exact) mass is 478 g/mol. The molecule has 1 aliphatic heterocycles. The lowest BCUT2D eigenvalue weighted by Gasteiger charge is -2.12. The Kier molecular flexibility index (Phi) is 5.46. The summed E-state index contributed by atoms with van der Waals surface area (Å²) in [7, 11) is 1.62. The predicted molar refractivity (Wildman–Crippen MR) is 134 cm³/mol. The molecule has 0 atom stereocenters. The molecule has 6 rings (SSSR count). The van der Waals surface area contributed by atoms with Gasteiger partial charge in [0.05, 0.1) is 18.5 Å². The second kappa shape index (κ2) is 9.07. The van der Waals surface area contributed by atoms with Gasteiger partial charge in [0.1, 0.15) is 11.4 Å². The highest BCUT2D eigenvalue weighted by Crippen LogP contribution is 2.33. The number of benzene rings is 3. The number of carbonyl (C=O) groups is 1. The van der Waals surface area contributed by atoms with Gasteiger partial charge in [-0.25, -0.2) is 9.50 Å². The number of nitrogens with zero attached hydrogens (tertiary/aromatic N) is 3. The lowest BCUT2D eigenvalue weighted by molar-refractivity contribution is 0.0946. The standard InChI is InChI=1S/C28H22N4O4/c1-34-24-10-6-5-9-20(24)23-14-22(28(33)29-16-18-11-12-25-26(13-18)36-17-35-25)30-27-15-21(31-32(23)27)19-7-3-2-4-8-19/h2-15H,16-17H2,1H3,(H,29,33). The number of aromatic nitrogens is 3. The third kappa shape index (κ3) is 3.98. The van der Waals surface area contributed by atoms with Crippen molar-refractivity contribution in [2.24, 2.45) is 0 Å². The van der Waals surface area contributed by atoms with Gasteiger partial charge >= 0.3 is 0 Å². The molecule has 0 aliphatic carbocycles. The number of hydrogen-bond donors (Lipinski definition) is 1. The van der Waals surface area contributed by atoms with Crippen LogP contribution in [0.5, 0.6) is 17.2 Å². The van der Waals surface area contributed by atoms with Crippen molar-refractivity contribution in [3.05, 3.63) is 96.2 Å². The van der Waals surface area contributed by atoms with Crippen LogP contribution < -0.4 is 19.5 Å². The molecule has 36 heavy (non-hydrogen) atoms. The van der Waals surface area contributed by atoms with Crippen LogP contribution in [0, 0.1) is 0 Å². The van der Waals surface area contributed by atoms with Gasteiger partial charge in [0.2, 0.25) is 6.79 Å². The second-order valence-electron chi connectivity index (χ2n) is 8.26. The van der Waals surface area contributed by atoms with E-state index >= 15 is 0 Å². The molecule has 0 saturated carbocycles. The van der Waals surface area contributed by atoms with E-state index in [9.17, 15) is 4.79 Å². The van der Waals surface area contributed by atoms with Crippen LogP contribution in [-0.2, 0) is 6.54 Å². The minimum atomic E-state index is -0.297. The van der Waals surface area contributed by atoms with Gasteiger partial charge in [-0.15, -0.1) is 0 Å². The number of carbonyl (C=O) groups excluding carboxylic acids is 1. The summed E-state index contributed by atoms with van der Waals surface area (Å²) in [6.07, 6.45) is 0. The van der Waals surface area contributed by atoms with E-state index in [2.05, 4.69) is 10.3 Å². The van der Waals surface area contributed by atoms with E-state index in [0.29, 0.717) is 35.1 Å². The van der Waals surface area contributed by atoms with Crippen molar-refractivity contribution in [3.63, 3.8) is 0 Å². The molecule has 8 nitrogen and oxygen atoms in total. The molecule has 8 heteroatoms. The molecule has 1 N–H and O–H groups in total. The van der Waals surface area contributed by atoms with Crippen LogP contribution in [0.2, 0.25) is 0 Å². The van der Waals surface area contributed by atoms with Gasteiger partial charge in [0.15, 0.2) is 17.1 Å². The van der Waals surface area contributed by atoms with Crippen molar-refractivity contribution in [2.75, 3.05) is 13.9 Å². The van der Waals surface area contributed by atoms with E-state index in [0.717, 1.165) is 22.4 Å². The number of nitrogens with one attached hydrogen (secondary N) is 1. The van der Waals surface area contributed by atoms with Gasteiger partial charge in [-0.1, -0.05) is 48.5 Å². The van der Waals surface area contributed by atoms with E-state index in [1.165, 1.54) is 0 Å². The SMILES string of the molecule is COc1ccccc1-c1cc(C(=O)NCc2ccc3c(c2)OCO3)nc2cc(-c3ccccc3)nn12. The molecule has 0 saturated heterocycles. The van der Waals surface area contributed by atoms with Crippen LogP contribution in [0.1, 0.15) is 16.1 Å². The van der Waals surface area contributed by atoms with Gasteiger partial charge < -0.3 is 19.5 Å². The summed E-state index contributed by atoms with van der Waals surface area (Å²) in [6, 6.07) is 26.7. The van der Waals surface area contributed by atoms with Gasteiger partial charge in [-0.05, 0) is 35.9 Å². The summed E-state index contributed by atoms with van der Waals surface area (Å²) < 4.78 is 18.1. The average Bonchev–Trinajstić information content (AvgIpc) is 3.58. The van der Waals surface area contributed by atoms with Crippen LogP contribution in [0.3, 0.4) is 0 Å². The van der Waals surface area contributed by atoms with E-state index < -0.39 is 0 Å². The Labute approximate surface area is 207 Å². The molecule has 2 aromatic heterocycles. The third-order valence-corrected chi connectivity index (χ3v) is 6.00. The third-order valence-electron chi connectivity index (χ3n) is 6.00. The molecular formula is C28H22N4O4. The Morgan fingerprint density at radius 1 is 0.972 bits per heavy atom. The van der Waals surface area contributed by atoms with Crippen molar-refractivity contribution in [3.8, 4) is 39.8 Å². The van der Waals surface area contributed by atoms with E-state index in [1.807, 2.05) is 78.9 Å². The smallest absolute Gasteiger partial charge is 0.270 e. The maximum atomic E-state index is 13.2. The topological polar surface area (TPSA) is 87.0 Å². The molecule has 0 unspecified atom stereocenters. The number of amides is 1. The second-order valence-corrected chi connectivity index (χ2v) is 8.26. The number of fused-ring (bicyclic) bond motifs is 2. The molecule has 0 bridgehead atoms. The lowest BCUT2D eigenvalue weighted by Crippen LogP contribution is -2.24. The van der Waals surface area contributed by atoms with Crippen LogP contribution in [0.15, 0.2) is 84.9 Å². The van der Waals surface area contributed by atoms with Crippen molar-refractivity contribution in [1.82, 2.24) is 19.9 Å². The molecule has 5 aromatic rings. The first kappa shape index (κ1) is 21.7. The van der Waals surface area contributed by atoms with E-state index in [4.69, 9.17) is 19.3 Å². The maximum Gasteiger partial charge on any atom is 0.270 e. The Morgan fingerprint density at radius 2 is 1.78 bits per heavy atom. The molecule has 0 fully saturated rings. The van der Waals surface area contributed by atoms with Crippen molar-refractivity contribution in [1.29, 1.82) is 0 Å². The van der Waals surface area contributed by atoms with Gasteiger partial charge in [0, 0.05) is 23.7 Å². The summed E-state index contributed by atoms with van der Waals surface area (Å²) in [5, 5.41) is 7.76. The molecule has 1 amide bonds. The zero-order chi connectivity index (χ0) is 24.5. The fraction of sp³-hybridized carbons (Fsp3) is 0.107. The number of methoxy groups -OCH3 is 1. The van der Waals surface area contributed by atoms with Gasteiger partial charge in [-0.3, -0.25) is 4.79 Å². The fourth-order valence-corrected chi connectivity index (χ4v) is 4.21. The highest BCUT2D eigenvalue weighted by atomic mass is 16.7. The van der Waals surface area contributed by atoms with E-state index in [1.54, 1.807) is 17.7 Å². The predicted octanol–water partition coefficient (Wildman–Crippen LogP) is 4.73. The Hall–Kier alpha value is -4.85. The van der Waals surface area contributed by atoms with Crippen molar-refractivity contribution in [2.45, 2.75) is 6.54 Å².